The number of hydrogen-bond acceptors (Lipinski definition) is 4. The molecule has 5 nitrogen and oxygen atoms in total. The smallest absolute Gasteiger partial charge is 0.310 e. The summed E-state index contributed by atoms with van der Waals surface area (Å²) >= 11 is 0. The Morgan fingerprint density at radius 3 is 2.79 bits per heavy atom. The van der Waals surface area contributed by atoms with E-state index in [2.05, 4.69) is 13.8 Å². The van der Waals surface area contributed by atoms with Gasteiger partial charge in [0.1, 0.15) is 0 Å². The molecule has 2 fully saturated rings. The number of nitro groups is 1. The average molecular weight is 331 g/mol. The monoisotopic (exact) mass is 331 g/mol. The Morgan fingerprint density at radius 1 is 1.33 bits per heavy atom. The third-order valence-electron chi connectivity index (χ3n) is 7.29. The highest BCUT2D eigenvalue weighted by Crippen LogP contribution is 2.62. The molecule has 5 heteroatoms. The third-order valence-corrected chi connectivity index (χ3v) is 7.29. The number of aliphatic hydroxyl groups excluding tert-OH is 1. The van der Waals surface area contributed by atoms with Crippen LogP contribution >= 0.6 is 0 Å². The van der Waals surface area contributed by atoms with Crippen LogP contribution in [0.3, 0.4) is 0 Å². The summed E-state index contributed by atoms with van der Waals surface area (Å²) in [4.78, 5) is 10.7. The number of nitrogens with zero attached hydrogens (tertiary/aromatic N) is 1. The molecule has 0 radical (unpaired) electrons. The van der Waals surface area contributed by atoms with E-state index < -0.39 is 4.92 Å². The number of phenolic OH excluding ortho intramolecular Hbond substituents is 1. The van der Waals surface area contributed by atoms with E-state index in [-0.39, 0.29) is 23.0 Å². The fourth-order valence-electron chi connectivity index (χ4n) is 6.08. The Morgan fingerprint density at radius 2 is 2.08 bits per heavy atom. The van der Waals surface area contributed by atoms with Crippen molar-refractivity contribution in [2.45, 2.75) is 58.0 Å². The Kier molecular flexibility index (Phi) is 3.43. The van der Waals surface area contributed by atoms with E-state index in [1.807, 2.05) is 0 Å². The highest BCUT2D eigenvalue weighted by molar-refractivity contribution is 5.53. The molecular weight excluding hydrogens is 306 g/mol. The van der Waals surface area contributed by atoms with Gasteiger partial charge in [0, 0.05) is 6.07 Å². The minimum absolute atomic E-state index is 0.0130. The minimum atomic E-state index is -0.492. The quantitative estimate of drug-likeness (QED) is 0.606. The van der Waals surface area contributed by atoms with Gasteiger partial charge in [-0.3, -0.25) is 10.1 Å². The first-order valence-corrected chi connectivity index (χ1v) is 9.01. The molecule has 3 aliphatic carbocycles. The second kappa shape index (κ2) is 5.19. The van der Waals surface area contributed by atoms with Crippen LogP contribution in [0.2, 0.25) is 0 Å². The lowest BCUT2D eigenvalue weighted by molar-refractivity contribution is -0.386. The molecule has 0 amide bonds. The van der Waals surface area contributed by atoms with Crippen LogP contribution in [-0.4, -0.2) is 21.2 Å². The molecule has 1 aromatic carbocycles. The first kappa shape index (κ1) is 15.9. The molecule has 0 saturated heterocycles. The van der Waals surface area contributed by atoms with Crippen molar-refractivity contribution in [2.75, 3.05) is 0 Å². The molecule has 6 atom stereocenters. The van der Waals surface area contributed by atoms with Gasteiger partial charge in [0.2, 0.25) is 0 Å². The van der Waals surface area contributed by atoms with E-state index in [0.717, 1.165) is 43.2 Å². The van der Waals surface area contributed by atoms with Gasteiger partial charge in [-0.05, 0) is 78.4 Å². The first-order valence-electron chi connectivity index (χ1n) is 9.01. The zero-order valence-corrected chi connectivity index (χ0v) is 14.2. The predicted molar refractivity (Wildman–Crippen MR) is 89.9 cm³/mol. The molecular formula is C19H25NO4. The van der Waals surface area contributed by atoms with E-state index in [4.69, 9.17) is 0 Å². The fourth-order valence-corrected chi connectivity index (χ4v) is 6.08. The van der Waals surface area contributed by atoms with E-state index in [1.54, 1.807) is 12.1 Å². The zero-order chi connectivity index (χ0) is 17.2. The lowest BCUT2D eigenvalue weighted by atomic mass is 9.55. The summed E-state index contributed by atoms with van der Waals surface area (Å²) in [6, 6.07) is 3.21. The van der Waals surface area contributed by atoms with Crippen molar-refractivity contribution < 1.29 is 15.1 Å². The van der Waals surface area contributed by atoms with E-state index in [9.17, 15) is 20.3 Å². The number of phenols is 1. The van der Waals surface area contributed by atoms with Crippen molar-refractivity contribution in [1.82, 2.24) is 0 Å². The maximum Gasteiger partial charge on any atom is 0.310 e. The maximum atomic E-state index is 11.2. The Labute approximate surface area is 141 Å². The number of rotatable bonds is 1. The second-order valence-corrected chi connectivity index (χ2v) is 8.41. The van der Waals surface area contributed by atoms with Gasteiger partial charge < -0.3 is 10.2 Å². The van der Waals surface area contributed by atoms with Gasteiger partial charge in [-0.25, -0.2) is 0 Å². The fraction of sp³-hybridized carbons (Fsp3) is 0.684. The summed E-state index contributed by atoms with van der Waals surface area (Å²) in [5.41, 5.74) is 1.94. The lowest BCUT2D eigenvalue weighted by Gasteiger charge is -2.50. The maximum absolute atomic E-state index is 11.2. The normalized spacial score (nSPS) is 40.5. The van der Waals surface area contributed by atoms with Crippen LogP contribution in [0.1, 0.15) is 56.6 Å². The van der Waals surface area contributed by atoms with Gasteiger partial charge in [-0.2, -0.15) is 0 Å². The van der Waals surface area contributed by atoms with Gasteiger partial charge in [0.25, 0.3) is 0 Å². The lowest BCUT2D eigenvalue weighted by Crippen LogP contribution is -2.44. The number of aryl methyl sites for hydroxylation is 1. The van der Waals surface area contributed by atoms with Crippen molar-refractivity contribution in [3.63, 3.8) is 0 Å². The van der Waals surface area contributed by atoms with Crippen LogP contribution in [0.5, 0.6) is 5.75 Å². The van der Waals surface area contributed by atoms with Crippen molar-refractivity contribution in [1.29, 1.82) is 0 Å². The van der Waals surface area contributed by atoms with Crippen LogP contribution in [0.25, 0.3) is 0 Å². The van der Waals surface area contributed by atoms with E-state index in [0.29, 0.717) is 23.7 Å². The Hall–Kier alpha value is -1.62. The summed E-state index contributed by atoms with van der Waals surface area (Å²) in [6.45, 7) is 4.37. The summed E-state index contributed by atoms with van der Waals surface area (Å²) in [7, 11) is 0. The van der Waals surface area contributed by atoms with Gasteiger partial charge in [0.05, 0.1) is 11.0 Å². The summed E-state index contributed by atoms with van der Waals surface area (Å²) in [6.07, 6.45) is 4.66. The number of fused-ring (bicyclic) bond motifs is 5. The van der Waals surface area contributed by atoms with Crippen LogP contribution in [0.15, 0.2) is 12.1 Å². The Bertz CT molecular complexity index is 703. The number of benzene rings is 1. The van der Waals surface area contributed by atoms with E-state index >= 15 is 0 Å². The molecule has 0 bridgehead atoms. The molecule has 0 heterocycles. The highest BCUT2D eigenvalue weighted by Gasteiger charge is 2.56. The van der Waals surface area contributed by atoms with Crippen molar-refractivity contribution in [3.8, 4) is 5.75 Å². The third kappa shape index (κ3) is 2.03. The number of aliphatic hydroxyl groups is 1. The van der Waals surface area contributed by atoms with E-state index in [1.165, 1.54) is 0 Å². The molecule has 2 N–H and O–H groups in total. The molecule has 3 aliphatic rings. The number of aromatic hydroxyl groups is 1. The molecule has 2 saturated carbocycles. The predicted octanol–water partition coefficient (Wildman–Crippen LogP) is 3.76. The summed E-state index contributed by atoms with van der Waals surface area (Å²) in [5, 5.41) is 31.8. The number of nitro benzene ring substituents is 1. The highest BCUT2D eigenvalue weighted by atomic mass is 16.6. The molecule has 24 heavy (non-hydrogen) atoms. The molecule has 0 aliphatic heterocycles. The average Bonchev–Trinajstić information content (AvgIpc) is 2.77. The van der Waals surface area contributed by atoms with Crippen LogP contribution in [0.4, 0.5) is 5.69 Å². The molecule has 0 spiro atoms. The molecule has 4 rings (SSSR count). The summed E-state index contributed by atoms with van der Waals surface area (Å²) < 4.78 is 0. The molecule has 0 aromatic heterocycles. The minimum Gasteiger partial charge on any atom is -0.502 e. The van der Waals surface area contributed by atoms with Crippen molar-refractivity contribution >= 4 is 5.69 Å². The first-order chi connectivity index (χ1) is 11.3. The summed E-state index contributed by atoms with van der Waals surface area (Å²) in [5.74, 6) is 1.41. The second-order valence-electron chi connectivity index (χ2n) is 8.41. The van der Waals surface area contributed by atoms with Crippen LogP contribution in [-0.2, 0) is 6.42 Å². The van der Waals surface area contributed by atoms with Gasteiger partial charge in [-0.1, -0.05) is 13.8 Å². The van der Waals surface area contributed by atoms with Gasteiger partial charge >= 0.3 is 5.69 Å². The van der Waals surface area contributed by atoms with Crippen molar-refractivity contribution in [2.24, 2.45) is 23.2 Å². The topological polar surface area (TPSA) is 83.6 Å². The zero-order valence-electron chi connectivity index (χ0n) is 14.2. The van der Waals surface area contributed by atoms with Crippen molar-refractivity contribution in [3.05, 3.63) is 33.4 Å². The van der Waals surface area contributed by atoms with Crippen LogP contribution in [0, 0.1) is 33.3 Å². The molecule has 5 unspecified atom stereocenters. The molecule has 1 aromatic rings. The molecule has 130 valence electrons. The largest absolute Gasteiger partial charge is 0.502 e. The van der Waals surface area contributed by atoms with Gasteiger partial charge in [-0.15, -0.1) is 0 Å². The standard InChI is InChI=1S/C19H25NO4/c1-10-7-15-13-4-3-11-8-17(21)16(20(23)24)9-14(11)12(13)5-6-19(15,2)18(10)22/h8-10,12-13,15,18,21-22H,3-7H2,1-2H3/t10?,12?,13?,15?,18?,19-/m0/s1. The van der Waals surface area contributed by atoms with Crippen LogP contribution < -0.4 is 0 Å². The Balaban J connectivity index is 1.74. The number of hydrogen-bond donors (Lipinski definition) is 2. The van der Waals surface area contributed by atoms with Gasteiger partial charge in [0.15, 0.2) is 5.75 Å². The SMILES string of the molecule is CC1CC2C3CCc4cc(O)c([N+](=O)[O-])cc4C3CC[C@]2(C)C1O.